The van der Waals surface area contributed by atoms with Gasteiger partial charge in [0.2, 0.25) is 41.0 Å². The molecule has 0 aliphatic carbocycles. The predicted molar refractivity (Wildman–Crippen MR) is 348 cm³/mol. The van der Waals surface area contributed by atoms with Gasteiger partial charge in [-0.05, 0) is 79.8 Å². The second-order valence-corrected chi connectivity index (χ2v) is 24.5. The van der Waals surface area contributed by atoms with E-state index in [-0.39, 0.29) is 99.9 Å². The van der Waals surface area contributed by atoms with E-state index in [0.29, 0.717) is 9.75 Å². The molecule has 4 heterocycles. The number of hydrogen-bond donors (Lipinski definition) is 18. The molecule has 0 radical (unpaired) electrons. The van der Waals surface area contributed by atoms with Crippen molar-refractivity contribution in [3.63, 3.8) is 0 Å². The summed E-state index contributed by atoms with van der Waals surface area (Å²) in [5.41, 5.74) is 49.2. The van der Waals surface area contributed by atoms with Crippen LogP contribution in [-0.2, 0) is 72.0 Å². The Bertz CT molecular complexity index is 3270. The summed E-state index contributed by atoms with van der Waals surface area (Å²) in [5, 5.41) is 56.2. The fourth-order valence-corrected chi connectivity index (χ4v) is 12.1. The molecule has 534 valence electrons. The number of nitrogens with zero attached hydrogens (tertiary/aromatic N) is 5. The van der Waals surface area contributed by atoms with Gasteiger partial charge >= 0.3 is 18.1 Å². The molecule has 0 saturated carbocycles. The van der Waals surface area contributed by atoms with Gasteiger partial charge in [-0.1, -0.05) is 42.5 Å². The Balaban J connectivity index is 0.00000270. The number of carbonyl (C=O) groups is 11. The first kappa shape index (κ1) is 80.2. The van der Waals surface area contributed by atoms with Crippen LogP contribution in [0.2, 0.25) is 0 Å². The average molecular weight is 1410 g/mol. The number of nitrogens with two attached hydrogens (primary N) is 9. The third kappa shape index (κ3) is 24.1. The molecule has 7 amide bonds. The number of halogens is 3. The van der Waals surface area contributed by atoms with E-state index in [1.807, 2.05) is 0 Å². The van der Waals surface area contributed by atoms with E-state index in [2.05, 4.69) is 41.6 Å². The molecule has 2 aliphatic rings. The van der Waals surface area contributed by atoms with Crippen molar-refractivity contribution in [2.24, 2.45) is 72.5 Å². The summed E-state index contributed by atoms with van der Waals surface area (Å²) in [6.45, 7) is -3.31. The number of guanidine groups is 3. The normalized spacial score (nSPS) is 17.8. The van der Waals surface area contributed by atoms with E-state index >= 15 is 28.8 Å². The first-order valence-corrected chi connectivity index (χ1v) is 32.0. The molecule has 11 atom stereocenters. The van der Waals surface area contributed by atoms with Gasteiger partial charge in [0, 0.05) is 61.7 Å². The Morgan fingerprint density at radius 2 is 1.20 bits per heavy atom. The van der Waals surface area contributed by atoms with Crippen molar-refractivity contribution < 1.29 is 86.3 Å². The summed E-state index contributed by atoms with van der Waals surface area (Å²) in [6.07, 6.45) is -8.13. The van der Waals surface area contributed by atoms with Crippen molar-refractivity contribution in [2.75, 3.05) is 45.9 Å². The predicted octanol–water partition coefficient (Wildman–Crippen LogP) is -5.57. The summed E-state index contributed by atoms with van der Waals surface area (Å²) < 4.78 is 31.7. The summed E-state index contributed by atoms with van der Waals surface area (Å²) in [7, 11) is 0. The number of ketones is 2. The molecule has 5 rings (SSSR count). The van der Waals surface area contributed by atoms with Gasteiger partial charge < -0.3 is 104 Å². The smallest absolute Gasteiger partial charge is 0.479 e. The van der Waals surface area contributed by atoms with Crippen LogP contribution in [0.3, 0.4) is 0 Å². The highest BCUT2D eigenvalue weighted by Crippen LogP contribution is 2.37. The Kier molecular flexibility index (Phi) is 31.8. The zero-order valence-corrected chi connectivity index (χ0v) is 54.1. The van der Waals surface area contributed by atoms with Crippen molar-refractivity contribution in [1.29, 1.82) is 0 Å². The molecule has 0 bridgehead atoms. The Morgan fingerprint density at radius 1 is 0.660 bits per heavy atom. The SMILES string of the molecule is NC(N)=NCCC[C@@H](N)C(=O)N[C@@H](CCCN=C(N)N)C(=O)N1CCC[C@H]1C(=O)C(CCN=C(N)N)[C@](C(=O)O)(C(=O)CNC(=O)[C@@H]1C[C@@H](O)CN1)N(C(=O)[C@@H](N)Cc1cccs1)C(=O)[C@@H](Cc1ccccc1)NC(=O)[C@H](CO)NC(=O)[C@@H](N)Cc1cccs1.O=C(O)C(F)(F)F. The molecule has 27 N–H and O–H groups in total. The van der Waals surface area contributed by atoms with E-state index < -0.39 is 182 Å². The number of Topliss-reactive ketones (excluding diaryl/α,β-unsaturated/α-hetero) is 2. The Labute approximate surface area is 561 Å². The lowest BCUT2D eigenvalue weighted by molar-refractivity contribution is -0.192. The number of aliphatic carboxylic acids is 2. The molecule has 0 spiro atoms. The number of aliphatic imine (C=N–C) groups is 3. The summed E-state index contributed by atoms with van der Waals surface area (Å²) in [4.78, 5) is 173. The van der Waals surface area contributed by atoms with Crippen molar-refractivity contribution in [1.82, 2.24) is 36.4 Å². The largest absolute Gasteiger partial charge is 0.490 e. The lowest BCUT2D eigenvalue weighted by Gasteiger charge is -2.45. The van der Waals surface area contributed by atoms with Gasteiger partial charge in [-0.3, -0.25) is 63.0 Å². The number of thiophene rings is 2. The van der Waals surface area contributed by atoms with Crippen LogP contribution in [0.25, 0.3) is 0 Å². The number of nitrogens with one attached hydrogen (secondary N) is 5. The first-order valence-electron chi connectivity index (χ1n) is 30.3. The maximum atomic E-state index is 16.3. The molecule has 2 aromatic heterocycles. The number of carboxylic acids is 2. The van der Waals surface area contributed by atoms with Gasteiger partial charge in [0.1, 0.15) is 18.1 Å². The lowest BCUT2D eigenvalue weighted by atomic mass is 9.71. The van der Waals surface area contributed by atoms with Gasteiger partial charge in [-0.25, -0.2) is 9.59 Å². The van der Waals surface area contributed by atoms with Crippen molar-refractivity contribution in [2.45, 2.75) is 137 Å². The van der Waals surface area contributed by atoms with Crippen LogP contribution >= 0.6 is 22.7 Å². The van der Waals surface area contributed by atoms with E-state index in [9.17, 15) is 47.7 Å². The molecule has 1 aromatic carbocycles. The second-order valence-electron chi connectivity index (χ2n) is 22.5. The van der Waals surface area contributed by atoms with Crippen molar-refractivity contribution in [3.8, 4) is 0 Å². The zero-order valence-electron chi connectivity index (χ0n) is 52.5. The minimum atomic E-state index is -5.08. The van der Waals surface area contributed by atoms with E-state index in [1.54, 1.807) is 53.2 Å². The first-order chi connectivity index (χ1) is 45.7. The van der Waals surface area contributed by atoms with Crippen LogP contribution in [0.1, 0.15) is 66.7 Å². The number of likely N-dealkylation sites (tertiary alicyclic amines) is 1. The number of aliphatic hydroxyl groups is 2. The highest BCUT2D eigenvalue weighted by atomic mass is 32.1. The highest BCUT2D eigenvalue weighted by molar-refractivity contribution is 7.10. The van der Waals surface area contributed by atoms with Gasteiger partial charge in [-0.2, -0.15) is 13.2 Å². The van der Waals surface area contributed by atoms with E-state index in [0.717, 1.165) is 16.2 Å². The number of aliphatic hydroxyl groups excluding tert-OH is 2. The van der Waals surface area contributed by atoms with E-state index in [4.69, 9.17) is 61.5 Å². The number of imide groups is 1. The quantitative estimate of drug-likeness (QED) is 0.0112. The minimum absolute atomic E-state index is 0.00249. The summed E-state index contributed by atoms with van der Waals surface area (Å²) >= 11 is 2.43. The average Bonchev–Trinajstić information content (AvgIpc) is 1.73. The van der Waals surface area contributed by atoms with Crippen LogP contribution in [0.15, 0.2) is 80.3 Å². The van der Waals surface area contributed by atoms with Crippen LogP contribution in [0, 0.1) is 5.92 Å². The third-order valence-electron chi connectivity index (χ3n) is 15.3. The van der Waals surface area contributed by atoms with Crippen molar-refractivity contribution in [3.05, 3.63) is 80.7 Å². The number of carbonyl (C=O) groups excluding carboxylic acids is 9. The van der Waals surface area contributed by atoms with Gasteiger partial charge in [-0.15, -0.1) is 22.7 Å². The molecule has 2 saturated heterocycles. The topological polar surface area (TPSA) is 607 Å². The third-order valence-corrected chi connectivity index (χ3v) is 17.1. The number of alkyl halides is 3. The highest BCUT2D eigenvalue weighted by Gasteiger charge is 2.65. The Morgan fingerprint density at radius 3 is 1.71 bits per heavy atom. The molecule has 2 aliphatic heterocycles. The molecular formula is C58H84F3N19O15S2. The van der Waals surface area contributed by atoms with Crippen LogP contribution in [0.5, 0.6) is 0 Å². The number of hydrogen-bond acceptors (Lipinski definition) is 22. The van der Waals surface area contributed by atoms with Gasteiger partial charge in [0.05, 0.1) is 55.4 Å². The molecule has 39 heteroatoms. The maximum absolute atomic E-state index is 16.3. The standard InChI is InChI=1S/C56H83N19O13S2.C2HF3O2/c57-35(13-4-17-66-53(60)61)45(80)71-38(14-5-18-67-54(62)63)50(85)74-20-6-15-42(74)44(79)34(16-19-68-55(64)65)56(52(87)88,43(78)28-70-47(82)39-24-31(77)27-69-39)75(49(84)37(59)26-33-12-8-22-90-33)51(86)40(23-30-9-2-1-3-10-30)72-48(83)41(29-76)73-46(81)36(58)25-32-11-7-21-89-32;3-2(4,5)1(6)7/h1-3,7-12,21-22,31,34-42,69,76-77H,4-6,13-20,23-29,57-59H2,(H,70,82)(H,71,80)(H,72,83)(H,73,81)(H,87,88)(H4,60,61,66)(H4,62,63,67)(H4,64,65,68);(H,6,7)/t31-,34?,35-,36+,37+,38+,39+,40-,41+,42+,56-;/m1./s1. The number of β-amino-alcohol motifs (C(OH)–C–C–N with tert-alkyl or cyclic N) is 1. The number of rotatable bonds is 36. The monoisotopic (exact) mass is 1410 g/mol. The van der Waals surface area contributed by atoms with Crippen LogP contribution in [-0.4, -0.2) is 225 Å². The Hall–Kier alpha value is -9.25. The zero-order chi connectivity index (χ0) is 72.3. The fourth-order valence-electron chi connectivity index (χ4n) is 10.6. The van der Waals surface area contributed by atoms with E-state index in [1.165, 1.54) is 23.5 Å². The van der Waals surface area contributed by atoms with Crippen molar-refractivity contribution >= 4 is 105 Å². The van der Waals surface area contributed by atoms with Crippen LogP contribution < -0.4 is 78.2 Å². The van der Waals surface area contributed by atoms with Crippen LogP contribution in [0.4, 0.5) is 13.2 Å². The lowest BCUT2D eigenvalue weighted by Crippen LogP contribution is -2.75. The number of carboxylic acid groups (broad SMARTS) is 2. The molecule has 2 fully saturated rings. The fraction of sp³-hybridized carbons (Fsp3) is 0.517. The number of benzene rings is 1. The molecule has 97 heavy (non-hydrogen) atoms. The summed E-state index contributed by atoms with van der Waals surface area (Å²) in [5.74, 6) is -19.7. The summed E-state index contributed by atoms with van der Waals surface area (Å²) in [6, 6.07) is 1.63. The van der Waals surface area contributed by atoms with Gasteiger partial charge in [0.15, 0.2) is 29.4 Å². The van der Waals surface area contributed by atoms with Gasteiger partial charge in [0.25, 0.3) is 5.91 Å². The molecular weight excluding hydrogens is 1320 g/mol. The molecule has 1 unspecified atom stereocenters. The second kappa shape index (κ2) is 38.5. The molecule has 34 nitrogen and oxygen atoms in total. The minimum Gasteiger partial charge on any atom is -0.479 e. The maximum Gasteiger partial charge on any atom is 0.490 e. The number of amides is 7. The molecule has 3 aromatic rings.